The zero-order chi connectivity index (χ0) is 29.9. The lowest BCUT2D eigenvalue weighted by Gasteiger charge is -2.25. The number of alkyl halides is 3. The molecule has 1 spiro atoms. The van der Waals surface area contributed by atoms with Gasteiger partial charge < -0.3 is 19.5 Å². The number of amides is 2. The van der Waals surface area contributed by atoms with E-state index >= 15 is 0 Å². The van der Waals surface area contributed by atoms with Crippen LogP contribution in [0.5, 0.6) is 11.5 Å². The van der Waals surface area contributed by atoms with E-state index in [-0.39, 0.29) is 29.3 Å². The second kappa shape index (κ2) is 11.9. The van der Waals surface area contributed by atoms with Crippen LogP contribution in [0, 0.1) is 11.3 Å². The smallest absolute Gasteiger partial charge is 0.417 e. The minimum atomic E-state index is -4.56. The van der Waals surface area contributed by atoms with Crippen molar-refractivity contribution in [2.24, 2.45) is 0 Å². The van der Waals surface area contributed by atoms with E-state index in [0.29, 0.717) is 47.9 Å². The van der Waals surface area contributed by atoms with Gasteiger partial charge >= 0.3 is 12.2 Å². The number of halogens is 3. The second-order valence-electron chi connectivity index (χ2n) is 10.6. The van der Waals surface area contributed by atoms with Crippen LogP contribution in [0.1, 0.15) is 47.9 Å². The number of carbonyl (C=O) groups is 1. The summed E-state index contributed by atoms with van der Waals surface area (Å²) in [6, 6.07) is 16.0. The number of anilines is 1. The minimum Gasteiger partial charge on any atom is -0.497 e. The van der Waals surface area contributed by atoms with E-state index in [4.69, 9.17) is 14.2 Å². The molecule has 1 N–H and O–H groups in total. The van der Waals surface area contributed by atoms with Crippen LogP contribution >= 0.6 is 0 Å². The number of hydrogen-bond acceptors (Lipinski definition) is 5. The Balaban J connectivity index is 1.43. The highest BCUT2D eigenvalue weighted by Crippen LogP contribution is 2.52. The van der Waals surface area contributed by atoms with Crippen molar-refractivity contribution >= 4 is 11.7 Å². The molecule has 0 bridgehead atoms. The fourth-order valence-electron chi connectivity index (χ4n) is 6.04. The summed E-state index contributed by atoms with van der Waals surface area (Å²) < 4.78 is 57.9. The largest absolute Gasteiger partial charge is 0.497 e. The number of nitriles is 1. The SMILES string of the molecule is COCCOc1cc(C#N)ccc1CNC(=O)N1CC2(CCCC2)c2cc(-c3ccc(OC)cc3C(F)(F)F)ccc21. The summed E-state index contributed by atoms with van der Waals surface area (Å²) in [6.45, 7) is 1.29. The standard InChI is InChI=1S/C32H32F3N3O4/c1-40-13-14-42-29-15-21(18-36)5-6-23(29)19-37-30(39)38-20-31(11-3-4-12-31)27-16-22(7-10-28(27)38)25-9-8-24(41-2)17-26(25)32(33,34)35/h5-10,15-17H,3-4,11-14,19-20H2,1-2H3,(H,37,39). The number of nitrogens with zero attached hydrogens (tertiary/aromatic N) is 2. The Morgan fingerprint density at radius 2 is 1.83 bits per heavy atom. The molecule has 220 valence electrons. The van der Waals surface area contributed by atoms with Crippen LogP contribution in [0.3, 0.4) is 0 Å². The van der Waals surface area contributed by atoms with Gasteiger partial charge in [0.25, 0.3) is 0 Å². The molecule has 0 atom stereocenters. The number of rotatable bonds is 8. The van der Waals surface area contributed by atoms with Crippen molar-refractivity contribution in [1.82, 2.24) is 5.32 Å². The van der Waals surface area contributed by atoms with Gasteiger partial charge in [-0.05, 0) is 65.9 Å². The van der Waals surface area contributed by atoms with Crippen LogP contribution in [0.25, 0.3) is 11.1 Å². The molecular weight excluding hydrogens is 547 g/mol. The number of urea groups is 1. The van der Waals surface area contributed by atoms with E-state index in [9.17, 15) is 23.2 Å². The van der Waals surface area contributed by atoms with Crippen molar-refractivity contribution in [3.05, 3.63) is 76.9 Å². The molecule has 2 amide bonds. The van der Waals surface area contributed by atoms with Crippen LogP contribution in [0.15, 0.2) is 54.6 Å². The summed E-state index contributed by atoms with van der Waals surface area (Å²) in [5.41, 5.74) is 2.21. The van der Waals surface area contributed by atoms with Gasteiger partial charge in [0.05, 0.1) is 30.9 Å². The predicted molar refractivity (Wildman–Crippen MR) is 152 cm³/mol. The van der Waals surface area contributed by atoms with Crippen molar-refractivity contribution in [3.8, 4) is 28.7 Å². The Hall–Kier alpha value is -4.23. The third kappa shape index (κ3) is 5.74. The van der Waals surface area contributed by atoms with Crippen molar-refractivity contribution in [3.63, 3.8) is 0 Å². The van der Waals surface area contributed by atoms with Gasteiger partial charge in [-0.3, -0.25) is 4.90 Å². The summed E-state index contributed by atoms with van der Waals surface area (Å²) in [4.78, 5) is 15.3. The zero-order valence-corrected chi connectivity index (χ0v) is 23.5. The molecule has 2 aliphatic rings. The number of carbonyl (C=O) groups excluding carboxylic acids is 1. The van der Waals surface area contributed by atoms with Gasteiger partial charge in [-0.15, -0.1) is 0 Å². The molecule has 7 nitrogen and oxygen atoms in total. The molecule has 1 heterocycles. The van der Waals surface area contributed by atoms with Gasteiger partial charge in [-0.1, -0.05) is 31.0 Å². The van der Waals surface area contributed by atoms with E-state index < -0.39 is 11.7 Å². The van der Waals surface area contributed by atoms with E-state index in [1.807, 2.05) is 6.07 Å². The molecule has 0 aromatic heterocycles. The maximum atomic E-state index is 14.0. The Bertz CT molecular complexity index is 1510. The molecule has 5 rings (SSSR count). The van der Waals surface area contributed by atoms with Crippen LogP contribution in [0.2, 0.25) is 0 Å². The molecule has 0 saturated heterocycles. The maximum absolute atomic E-state index is 14.0. The molecule has 42 heavy (non-hydrogen) atoms. The number of nitrogens with one attached hydrogen (secondary N) is 1. The average molecular weight is 580 g/mol. The average Bonchev–Trinajstić information content (AvgIpc) is 3.60. The first-order chi connectivity index (χ1) is 20.2. The molecule has 1 fully saturated rings. The van der Waals surface area contributed by atoms with Gasteiger partial charge in [0.15, 0.2) is 0 Å². The highest BCUT2D eigenvalue weighted by atomic mass is 19.4. The van der Waals surface area contributed by atoms with Crippen molar-refractivity contribution < 1.29 is 32.2 Å². The third-order valence-electron chi connectivity index (χ3n) is 8.14. The maximum Gasteiger partial charge on any atom is 0.417 e. The summed E-state index contributed by atoms with van der Waals surface area (Å²) in [5, 5.41) is 12.3. The lowest BCUT2D eigenvalue weighted by atomic mass is 9.79. The van der Waals surface area contributed by atoms with Gasteiger partial charge in [-0.2, -0.15) is 18.4 Å². The first-order valence-corrected chi connectivity index (χ1v) is 13.8. The number of methoxy groups -OCH3 is 2. The van der Waals surface area contributed by atoms with Crippen LogP contribution < -0.4 is 19.7 Å². The molecule has 3 aromatic rings. The number of ether oxygens (including phenoxy) is 3. The lowest BCUT2D eigenvalue weighted by molar-refractivity contribution is -0.137. The Morgan fingerprint density at radius 1 is 1.05 bits per heavy atom. The van der Waals surface area contributed by atoms with E-state index in [2.05, 4.69) is 11.4 Å². The lowest BCUT2D eigenvalue weighted by Crippen LogP contribution is -2.41. The highest BCUT2D eigenvalue weighted by Gasteiger charge is 2.46. The highest BCUT2D eigenvalue weighted by molar-refractivity contribution is 5.96. The molecular formula is C32H32F3N3O4. The molecule has 0 unspecified atom stereocenters. The topological polar surface area (TPSA) is 83.8 Å². The summed E-state index contributed by atoms with van der Waals surface area (Å²) >= 11 is 0. The molecule has 10 heteroatoms. The van der Waals surface area contributed by atoms with Gasteiger partial charge in [0.2, 0.25) is 0 Å². The van der Waals surface area contributed by atoms with Crippen LogP contribution in [-0.4, -0.2) is 40.0 Å². The first-order valence-electron chi connectivity index (χ1n) is 13.8. The van der Waals surface area contributed by atoms with E-state index in [1.54, 1.807) is 42.3 Å². The molecule has 1 saturated carbocycles. The quantitative estimate of drug-likeness (QED) is 0.296. The fraction of sp³-hybridized carbons (Fsp3) is 0.375. The zero-order valence-electron chi connectivity index (χ0n) is 23.5. The second-order valence-corrected chi connectivity index (χ2v) is 10.6. The van der Waals surface area contributed by atoms with Gasteiger partial charge in [-0.25, -0.2) is 4.79 Å². The summed E-state index contributed by atoms with van der Waals surface area (Å²) in [7, 11) is 2.90. The van der Waals surface area contributed by atoms with E-state index in [0.717, 1.165) is 37.3 Å². The van der Waals surface area contributed by atoms with Crippen LogP contribution in [0.4, 0.5) is 23.7 Å². The molecule has 0 radical (unpaired) electrons. The molecule has 3 aromatic carbocycles. The molecule has 1 aliphatic carbocycles. The number of fused-ring (bicyclic) bond motifs is 2. The minimum absolute atomic E-state index is 0.0731. The van der Waals surface area contributed by atoms with Gasteiger partial charge in [0.1, 0.15) is 18.1 Å². The van der Waals surface area contributed by atoms with E-state index in [1.165, 1.54) is 19.2 Å². The normalized spacial score (nSPS) is 15.4. The monoisotopic (exact) mass is 579 g/mol. The first kappa shape index (κ1) is 29.3. The molecule has 1 aliphatic heterocycles. The van der Waals surface area contributed by atoms with Crippen LogP contribution in [-0.2, 0) is 22.9 Å². The third-order valence-corrected chi connectivity index (χ3v) is 8.14. The Labute approximate surface area is 242 Å². The van der Waals surface area contributed by atoms with Gasteiger partial charge in [0, 0.05) is 36.9 Å². The number of hydrogen-bond donors (Lipinski definition) is 1. The van der Waals surface area contributed by atoms with Crippen molar-refractivity contribution in [2.45, 2.75) is 43.8 Å². The number of benzene rings is 3. The van der Waals surface area contributed by atoms with Crippen molar-refractivity contribution in [1.29, 1.82) is 5.26 Å². The predicted octanol–water partition coefficient (Wildman–Crippen LogP) is 6.82. The van der Waals surface area contributed by atoms with Crippen molar-refractivity contribution in [2.75, 3.05) is 38.9 Å². The Morgan fingerprint density at radius 3 is 2.52 bits per heavy atom. The Kier molecular flexibility index (Phi) is 8.32. The summed E-state index contributed by atoms with van der Waals surface area (Å²) in [5.74, 6) is 0.627. The summed E-state index contributed by atoms with van der Waals surface area (Å²) in [6.07, 6.45) is -0.868. The fourth-order valence-corrected chi connectivity index (χ4v) is 6.04.